The minimum atomic E-state index is -0.323. The molecule has 1 amide bonds. The van der Waals surface area contributed by atoms with Crippen LogP contribution in [0.15, 0.2) is 18.3 Å². The second kappa shape index (κ2) is 5.18. The fourth-order valence-electron chi connectivity index (χ4n) is 0.949. The fraction of sp³-hybridized carbons (Fsp3) is 0.333. The number of hydrogen-bond donors (Lipinski definition) is 3. The molecule has 1 aromatic heterocycles. The van der Waals surface area contributed by atoms with Crippen LogP contribution in [-0.2, 0) is 11.3 Å². The molecule has 0 radical (unpaired) electrons. The highest BCUT2D eigenvalue weighted by molar-refractivity contribution is 5.73. The highest BCUT2D eigenvalue weighted by Gasteiger charge is 1.96. The number of aromatic nitrogens is 1. The third kappa shape index (κ3) is 3.86. The van der Waals surface area contributed by atoms with Crippen LogP contribution in [0.2, 0.25) is 0 Å². The topological polar surface area (TPSA) is 88.2 Å². The number of nitrogens with two attached hydrogens (primary N) is 1. The van der Waals surface area contributed by atoms with Gasteiger partial charge in [0, 0.05) is 19.5 Å². The van der Waals surface area contributed by atoms with Gasteiger partial charge in [-0.25, -0.2) is 0 Å². The van der Waals surface area contributed by atoms with E-state index in [1.807, 2.05) is 0 Å². The molecular weight excluding hydrogens is 182 g/mol. The van der Waals surface area contributed by atoms with Gasteiger partial charge in [0.05, 0.1) is 11.9 Å². The zero-order valence-corrected chi connectivity index (χ0v) is 7.73. The highest BCUT2D eigenvalue weighted by atomic mass is 16.3. The molecule has 76 valence electrons. The van der Waals surface area contributed by atoms with E-state index < -0.39 is 0 Å². The normalized spacial score (nSPS) is 10.0. The molecule has 0 aliphatic carbocycles. The molecule has 1 aromatic rings. The van der Waals surface area contributed by atoms with Crippen molar-refractivity contribution in [3.63, 3.8) is 0 Å². The SMILES string of the molecule is NC(=O)CCNCc1ccc(O)cn1. The number of nitrogens with one attached hydrogen (secondary N) is 1. The van der Waals surface area contributed by atoms with Crippen LogP contribution in [0.5, 0.6) is 5.75 Å². The van der Waals surface area contributed by atoms with Gasteiger partial charge in [-0.2, -0.15) is 0 Å². The standard InChI is InChI=1S/C9H13N3O2/c10-9(14)3-4-11-5-7-1-2-8(13)6-12-7/h1-2,6,11,13H,3-5H2,(H2,10,14). The number of primary amides is 1. The molecule has 0 atom stereocenters. The van der Waals surface area contributed by atoms with Gasteiger partial charge in [-0.1, -0.05) is 0 Å². The van der Waals surface area contributed by atoms with Gasteiger partial charge in [0.1, 0.15) is 5.75 Å². The molecule has 0 aliphatic rings. The molecular formula is C9H13N3O2. The van der Waals surface area contributed by atoms with Gasteiger partial charge in [0.15, 0.2) is 0 Å². The predicted octanol–water partition coefficient (Wildman–Crippen LogP) is -0.248. The Kier molecular flexibility index (Phi) is 3.87. The summed E-state index contributed by atoms with van der Waals surface area (Å²) in [7, 11) is 0. The smallest absolute Gasteiger partial charge is 0.218 e. The fourth-order valence-corrected chi connectivity index (χ4v) is 0.949. The van der Waals surface area contributed by atoms with E-state index in [2.05, 4.69) is 10.3 Å². The number of carbonyl (C=O) groups is 1. The molecule has 0 aromatic carbocycles. The summed E-state index contributed by atoms with van der Waals surface area (Å²) in [5.74, 6) is -0.179. The minimum Gasteiger partial charge on any atom is -0.506 e. The Morgan fingerprint density at radius 2 is 2.36 bits per heavy atom. The molecule has 1 heterocycles. The van der Waals surface area contributed by atoms with E-state index in [4.69, 9.17) is 10.8 Å². The maximum absolute atomic E-state index is 10.4. The molecule has 1 rings (SSSR count). The van der Waals surface area contributed by atoms with Crippen LogP contribution in [-0.4, -0.2) is 22.5 Å². The van der Waals surface area contributed by atoms with Crippen molar-refractivity contribution in [2.24, 2.45) is 5.73 Å². The second-order valence-corrected chi connectivity index (χ2v) is 2.90. The van der Waals surface area contributed by atoms with Crippen LogP contribution in [0, 0.1) is 0 Å². The third-order valence-electron chi connectivity index (χ3n) is 1.66. The lowest BCUT2D eigenvalue weighted by Gasteiger charge is -2.02. The van der Waals surface area contributed by atoms with Gasteiger partial charge >= 0.3 is 0 Å². The van der Waals surface area contributed by atoms with E-state index in [9.17, 15) is 4.79 Å². The first-order valence-corrected chi connectivity index (χ1v) is 4.31. The van der Waals surface area contributed by atoms with Crippen LogP contribution in [0.4, 0.5) is 0 Å². The maximum Gasteiger partial charge on any atom is 0.218 e. The van der Waals surface area contributed by atoms with Gasteiger partial charge in [-0.15, -0.1) is 0 Å². The van der Waals surface area contributed by atoms with Gasteiger partial charge in [0.2, 0.25) is 5.91 Å². The summed E-state index contributed by atoms with van der Waals surface area (Å²) in [5.41, 5.74) is 5.78. The Bertz CT molecular complexity index is 297. The van der Waals surface area contributed by atoms with E-state index in [0.717, 1.165) is 5.69 Å². The molecule has 0 unspecified atom stereocenters. The quantitative estimate of drug-likeness (QED) is 0.565. The number of hydrogen-bond acceptors (Lipinski definition) is 4. The molecule has 0 fully saturated rings. The minimum absolute atomic E-state index is 0.144. The first kappa shape index (κ1) is 10.5. The van der Waals surface area contributed by atoms with E-state index in [1.165, 1.54) is 6.20 Å². The Morgan fingerprint density at radius 3 is 2.93 bits per heavy atom. The molecule has 0 saturated carbocycles. The van der Waals surface area contributed by atoms with Crippen molar-refractivity contribution in [2.75, 3.05) is 6.54 Å². The van der Waals surface area contributed by atoms with Crippen molar-refractivity contribution in [1.82, 2.24) is 10.3 Å². The molecule has 0 aliphatic heterocycles. The predicted molar refractivity (Wildman–Crippen MR) is 51.4 cm³/mol. The first-order chi connectivity index (χ1) is 6.68. The first-order valence-electron chi connectivity index (χ1n) is 4.31. The number of rotatable bonds is 5. The van der Waals surface area contributed by atoms with Crippen LogP contribution in [0.1, 0.15) is 12.1 Å². The average Bonchev–Trinajstić information content (AvgIpc) is 2.15. The van der Waals surface area contributed by atoms with E-state index >= 15 is 0 Å². The van der Waals surface area contributed by atoms with Gasteiger partial charge < -0.3 is 16.2 Å². The molecule has 5 nitrogen and oxygen atoms in total. The van der Waals surface area contributed by atoms with Crippen LogP contribution in [0.25, 0.3) is 0 Å². The van der Waals surface area contributed by atoms with Crippen molar-refractivity contribution >= 4 is 5.91 Å². The average molecular weight is 195 g/mol. The lowest BCUT2D eigenvalue weighted by molar-refractivity contribution is -0.117. The van der Waals surface area contributed by atoms with Crippen molar-refractivity contribution in [3.8, 4) is 5.75 Å². The second-order valence-electron chi connectivity index (χ2n) is 2.90. The summed E-state index contributed by atoms with van der Waals surface area (Å²) in [6, 6.07) is 3.28. The Balaban J connectivity index is 2.25. The number of carbonyl (C=O) groups excluding carboxylic acids is 1. The summed E-state index contributed by atoms with van der Waals surface area (Å²) >= 11 is 0. The lowest BCUT2D eigenvalue weighted by atomic mass is 10.3. The van der Waals surface area contributed by atoms with Crippen molar-refractivity contribution in [1.29, 1.82) is 0 Å². The summed E-state index contributed by atoms with van der Waals surface area (Å²) < 4.78 is 0. The third-order valence-corrected chi connectivity index (χ3v) is 1.66. The number of aromatic hydroxyl groups is 1. The molecule has 0 bridgehead atoms. The maximum atomic E-state index is 10.4. The Morgan fingerprint density at radius 1 is 1.57 bits per heavy atom. The van der Waals surface area contributed by atoms with E-state index in [1.54, 1.807) is 12.1 Å². The largest absolute Gasteiger partial charge is 0.506 e. The summed E-state index contributed by atoms with van der Waals surface area (Å²) in [6.07, 6.45) is 1.70. The van der Waals surface area contributed by atoms with Crippen molar-refractivity contribution in [2.45, 2.75) is 13.0 Å². The van der Waals surface area contributed by atoms with Crippen molar-refractivity contribution in [3.05, 3.63) is 24.0 Å². The molecule has 4 N–H and O–H groups in total. The van der Waals surface area contributed by atoms with E-state index in [0.29, 0.717) is 19.5 Å². The van der Waals surface area contributed by atoms with Crippen LogP contribution in [0.3, 0.4) is 0 Å². The summed E-state index contributed by atoms with van der Waals surface area (Å²) in [5, 5.41) is 12.0. The lowest BCUT2D eigenvalue weighted by Crippen LogP contribution is -2.21. The van der Waals surface area contributed by atoms with Gasteiger partial charge in [-0.05, 0) is 12.1 Å². The summed E-state index contributed by atoms with van der Waals surface area (Å²) in [4.78, 5) is 14.4. The highest BCUT2D eigenvalue weighted by Crippen LogP contribution is 2.05. The monoisotopic (exact) mass is 195 g/mol. The molecule has 0 saturated heterocycles. The molecule has 5 heteroatoms. The zero-order valence-electron chi connectivity index (χ0n) is 7.73. The molecule has 0 spiro atoms. The van der Waals surface area contributed by atoms with Crippen molar-refractivity contribution < 1.29 is 9.90 Å². The van der Waals surface area contributed by atoms with E-state index in [-0.39, 0.29) is 11.7 Å². The van der Waals surface area contributed by atoms with Crippen LogP contribution >= 0.6 is 0 Å². The van der Waals surface area contributed by atoms with Crippen LogP contribution < -0.4 is 11.1 Å². The summed E-state index contributed by atoms with van der Waals surface area (Å²) in [6.45, 7) is 1.10. The molecule has 14 heavy (non-hydrogen) atoms. The zero-order chi connectivity index (χ0) is 10.4. The number of nitrogens with zero attached hydrogens (tertiary/aromatic N) is 1. The number of pyridine rings is 1. The Labute approximate surface area is 82.0 Å². The number of amides is 1. The Hall–Kier alpha value is -1.62. The van der Waals surface area contributed by atoms with Gasteiger partial charge in [0.25, 0.3) is 0 Å². The van der Waals surface area contributed by atoms with Gasteiger partial charge in [-0.3, -0.25) is 9.78 Å².